The quantitative estimate of drug-likeness (QED) is 0.673. The third-order valence-electron chi connectivity index (χ3n) is 2.62. The molecule has 0 aliphatic carbocycles. The topological polar surface area (TPSA) is 81.1 Å². The molecule has 0 bridgehead atoms. The van der Waals surface area contributed by atoms with E-state index in [1.54, 1.807) is 54.5 Å². The lowest BCUT2D eigenvalue weighted by molar-refractivity contribution is 0.104. The van der Waals surface area contributed by atoms with Gasteiger partial charge < -0.3 is 0 Å². The number of nitrogens with zero attached hydrogens (tertiary/aromatic N) is 2. The van der Waals surface area contributed by atoms with E-state index in [9.17, 15) is 13.2 Å². The first kappa shape index (κ1) is 15.0. The maximum atomic E-state index is 12.0. The average molecular weight is 305 g/mol. The first-order valence-electron chi connectivity index (χ1n) is 6.12. The number of benzene rings is 1. The SMILES string of the molecule is Cn1cc(/C=C/C(=O)c2ccc(NS(C)(=O)=O)cc2)cn1. The number of hydrogen-bond donors (Lipinski definition) is 1. The zero-order valence-electron chi connectivity index (χ0n) is 11.6. The van der Waals surface area contributed by atoms with Crippen molar-refractivity contribution in [2.75, 3.05) is 11.0 Å². The number of anilines is 1. The molecule has 0 amide bonds. The Morgan fingerprint density at radius 2 is 1.95 bits per heavy atom. The molecule has 0 saturated carbocycles. The summed E-state index contributed by atoms with van der Waals surface area (Å²) in [7, 11) is -1.51. The van der Waals surface area contributed by atoms with Gasteiger partial charge in [0.25, 0.3) is 0 Å². The molecule has 0 radical (unpaired) electrons. The van der Waals surface area contributed by atoms with Crippen molar-refractivity contribution in [3.63, 3.8) is 0 Å². The Morgan fingerprint density at radius 1 is 1.29 bits per heavy atom. The number of carbonyl (C=O) groups is 1. The first-order valence-corrected chi connectivity index (χ1v) is 8.01. The third kappa shape index (κ3) is 4.57. The van der Waals surface area contributed by atoms with E-state index in [4.69, 9.17) is 0 Å². The van der Waals surface area contributed by atoms with Crippen LogP contribution in [0.3, 0.4) is 0 Å². The first-order chi connectivity index (χ1) is 9.83. The van der Waals surface area contributed by atoms with Gasteiger partial charge >= 0.3 is 0 Å². The van der Waals surface area contributed by atoms with Gasteiger partial charge in [-0.3, -0.25) is 14.2 Å². The van der Waals surface area contributed by atoms with E-state index in [1.165, 1.54) is 6.08 Å². The molecule has 110 valence electrons. The van der Waals surface area contributed by atoms with Gasteiger partial charge in [0.2, 0.25) is 10.0 Å². The van der Waals surface area contributed by atoms with Crippen LogP contribution in [0.2, 0.25) is 0 Å². The van der Waals surface area contributed by atoms with Crippen LogP contribution in [-0.4, -0.2) is 30.2 Å². The number of nitrogens with one attached hydrogen (secondary N) is 1. The number of aryl methyl sites for hydroxylation is 1. The Kier molecular flexibility index (Phi) is 4.23. The van der Waals surface area contributed by atoms with Crippen molar-refractivity contribution < 1.29 is 13.2 Å². The number of allylic oxidation sites excluding steroid dienone is 1. The number of hydrogen-bond acceptors (Lipinski definition) is 4. The standard InChI is InChI=1S/C14H15N3O3S/c1-17-10-11(9-15-17)3-8-14(18)12-4-6-13(7-5-12)16-21(2,19)20/h3-10,16H,1-2H3/b8-3+. The van der Waals surface area contributed by atoms with E-state index < -0.39 is 10.0 Å². The molecule has 0 unspecified atom stereocenters. The minimum absolute atomic E-state index is 0.162. The lowest BCUT2D eigenvalue weighted by atomic mass is 10.1. The van der Waals surface area contributed by atoms with Gasteiger partial charge in [-0.2, -0.15) is 5.10 Å². The fourth-order valence-electron chi connectivity index (χ4n) is 1.71. The smallest absolute Gasteiger partial charge is 0.229 e. The van der Waals surface area contributed by atoms with Crippen molar-refractivity contribution in [3.8, 4) is 0 Å². The van der Waals surface area contributed by atoms with Crippen molar-refractivity contribution in [1.82, 2.24) is 9.78 Å². The van der Waals surface area contributed by atoms with Gasteiger partial charge in [-0.25, -0.2) is 8.42 Å². The zero-order chi connectivity index (χ0) is 15.5. The number of sulfonamides is 1. The van der Waals surface area contributed by atoms with E-state index in [1.807, 2.05) is 0 Å². The molecule has 21 heavy (non-hydrogen) atoms. The van der Waals surface area contributed by atoms with Crippen LogP contribution < -0.4 is 4.72 Å². The molecule has 0 aliphatic rings. The lowest BCUT2D eigenvalue weighted by Gasteiger charge is -2.03. The molecule has 1 heterocycles. The molecule has 2 rings (SSSR count). The van der Waals surface area contributed by atoms with Crippen LogP contribution in [-0.2, 0) is 17.1 Å². The summed E-state index contributed by atoms with van der Waals surface area (Å²) in [4.78, 5) is 12.0. The summed E-state index contributed by atoms with van der Waals surface area (Å²) in [5.74, 6) is -0.162. The summed E-state index contributed by atoms with van der Waals surface area (Å²) in [5.41, 5.74) is 1.74. The van der Waals surface area contributed by atoms with Crippen molar-refractivity contribution >= 4 is 27.6 Å². The average Bonchev–Trinajstić information content (AvgIpc) is 2.81. The molecule has 1 aromatic carbocycles. The number of aromatic nitrogens is 2. The van der Waals surface area contributed by atoms with E-state index in [0.717, 1.165) is 11.8 Å². The number of rotatable bonds is 5. The Bertz CT molecular complexity index is 774. The number of carbonyl (C=O) groups excluding carboxylic acids is 1. The predicted octanol–water partition coefficient (Wildman–Crippen LogP) is 1.69. The Morgan fingerprint density at radius 3 is 2.48 bits per heavy atom. The van der Waals surface area contributed by atoms with Crippen LogP contribution in [0.1, 0.15) is 15.9 Å². The third-order valence-corrected chi connectivity index (χ3v) is 3.23. The highest BCUT2D eigenvalue weighted by molar-refractivity contribution is 7.92. The summed E-state index contributed by atoms with van der Waals surface area (Å²) >= 11 is 0. The second-order valence-electron chi connectivity index (χ2n) is 4.60. The summed E-state index contributed by atoms with van der Waals surface area (Å²) in [5, 5.41) is 4.00. The number of ketones is 1. The van der Waals surface area contributed by atoms with Crippen LogP contribution in [0.5, 0.6) is 0 Å². The van der Waals surface area contributed by atoms with E-state index >= 15 is 0 Å². The van der Waals surface area contributed by atoms with E-state index in [2.05, 4.69) is 9.82 Å². The fourth-order valence-corrected chi connectivity index (χ4v) is 2.28. The van der Waals surface area contributed by atoms with Crippen molar-refractivity contribution in [2.24, 2.45) is 7.05 Å². The maximum Gasteiger partial charge on any atom is 0.229 e. The molecule has 1 N–H and O–H groups in total. The van der Waals surface area contributed by atoms with E-state index in [-0.39, 0.29) is 5.78 Å². The van der Waals surface area contributed by atoms with Crippen LogP contribution >= 0.6 is 0 Å². The molecular formula is C14H15N3O3S. The van der Waals surface area contributed by atoms with Crippen LogP contribution in [0, 0.1) is 0 Å². The highest BCUT2D eigenvalue weighted by Gasteiger charge is 2.04. The van der Waals surface area contributed by atoms with Gasteiger partial charge in [-0.05, 0) is 36.4 Å². The Labute approximate surface area is 123 Å². The molecule has 6 nitrogen and oxygen atoms in total. The van der Waals surface area contributed by atoms with Gasteiger partial charge in [0, 0.05) is 30.1 Å². The maximum absolute atomic E-state index is 12.0. The molecule has 0 aliphatic heterocycles. The molecule has 0 fully saturated rings. The second-order valence-corrected chi connectivity index (χ2v) is 6.34. The van der Waals surface area contributed by atoms with E-state index in [0.29, 0.717) is 11.3 Å². The molecule has 0 saturated heterocycles. The summed E-state index contributed by atoms with van der Waals surface area (Å²) < 4.78 is 26.2. The predicted molar refractivity (Wildman–Crippen MR) is 81.5 cm³/mol. The second kappa shape index (κ2) is 5.92. The monoisotopic (exact) mass is 305 g/mol. The minimum Gasteiger partial charge on any atom is -0.289 e. The summed E-state index contributed by atoms with van der Waals surface area (Å²) in [6, 6.07) is 6.24. The lowest BCUT2D eigenvalue weighted by Crippen LogP contribution is -2.09. The van der Waals surface area contributed by atoms with Gasteiger partial charge in [0.15, 0.2) is 5.78 Å². The van der Waals surface area contributed by atoms with Gasteiger partial charge in [-0.1, -0.05) is 0 Å². The summed E-state index contributed by atoms with van der Waals surface area (Å²) in [6.45, 7) is 0. The minimum atomic E-state index is -3.31. The molecule has 0 spiro atoms. The van der Waals surface area contributed by atoms with Crippen LogP contribution in [0.15, 0.2) is 42.7 Å². The zero-order valence-corrected chi connectivity index (χ0v) is 12.5. The van der Waals surface area contributed by atoms with Crippen LogP contribution in [0.25, 0.3) is 6.08 Å². The highest BCUT2D eigenvalue weighted by atomic mass is 32.2. The Hall–Kier alpha value is -2.41. The summed E-state index contributed by atoms with van der Waals surface area (Å²) in [6.07, 6.45) is 7.66. The highest BCUT2D eigenvalue weighted by Crippen LogP contribution is 2.12. The van der Waals surface area contributed by atoms with Gasteiger partial charge in [0.05, 0.1) is 12.5 Å². The van der Waals surface area contributed by atoms with Gasteiger partial charge in [-0.15, -0.1) is 0 Å². The Balaban J connectivity index is 2.08. The largest absolute Gasteiger partial charge is 0.289 e. The van der Waals surface area contributed by atoms with Crippen molar-refractivity contribution in [3.05, 3.63) is 53.9 Å². The molecule has 2 aromatic rings. The van der Waals surface area contributed by atoms with Crippen molar-refractivity contribution in [1.29, 1.82) is 0 Å². The van der Waals surface area contributed by atoms with Crippen LogP contribution in [0.4, 0.5) is 5.69 Å². The molecule has 7 heteroatoms. The fraction of sp³-hybridized carbons (Fsp3) is 0.143. The molecule has 1 aromatic heterocycles. The molecule has 0 atom stereocenters. The normalized spacial score (nSPS) is 11.7. The van der Waals surface area contributed by atoms with Gasteiger partial charge in [0.1, 0.15) is 0 Å². The molecular weight excluding hydrogens is 290 g/mol. The van der Waals surface area contributed by atoms with Crippen molar-refractivity contribution in [2.45, 2.75) is 0 Å².